The molecule has 104 valence electrons. The minimum atomic E-state index is -0.910. The Balaban J connectivity index is 2.22. The number of hydrogen-bond donors (Lipinski definition) is 1. The van der Waals surface area contributed by atoms with Gasteiger partial charge in [-0.2, -0.15) is 0 Å². The maximum atomic E-state index is 11.4. The van der Waals surface area contributed by atoms with Crippen LogP contribution >= 0.6 is 0 Å². The van der Waals surface area contributed by atoms with E-state index in [1.165, 1.54) is 6.92 Å². The molecule has 0 saturated carbocycles. The Morgan fingerprint density at radius 1 is 1.15 bits per heavy atom. The highest BCUT2D eigenvalue weighted by Gasteiger charge is 2.20. The molecule has 4 nitrogen and oxygen atoms in total. The largest absolute Gasteiger partial charge is 0.481 e. The van der Waals surface area contributed by atoms with Crippen molar-refractivity contribution in [2.24, 2.45) is 0 Å². The van der Waals surface area contributed by atoms with E-state index in [4.69, 9.17) is 4.74 Å². The van der Waals surface area contributed by atoms with Crippen LogP contribution in [0.1, 0.15) is 24.8 Å². The first-order valence-electron chi connectivity index (χ1n) is 6.43. The summed E-state index contributed by atoms with van der Waals surface area (Å²) in [5.41, 5.74) is 0.725. The normalized spacial score (nSPS) is 12.1. The molecular formula is C16H16O4. The average Bonchev–Trinajstić information content (AvgIpc) is 2.42. The van der Waals surface area contributed by atoms with Crippen LogP contribution in [0.4, 0.5) is 0 Å². The third-order valence-electron chi connectivity index (χ3n) is 3.19. The molecule has 0 saturated heterocycles. The number of carbonyl (C=O) groups is 2. The van der Waals surface area contributed by atoms with Crippen molar-refractivity contribution in [1.29, 1.82) is 0 Å². The van der Waals surface area contributed by atoms with Crippen LogP contribution in [0.2, 0.25) is 0 Å². The fraction of sp³-hybridized carbons (Fsp3) is 0.250. The number of carboxylic acid groups (broad SMARTS) is 1. The van der Waals surface area contributed by atoms with Crippen molar-refractivity contribution >= 4 is 22.7 Å². The summed E-state index contributed by atoms with van der Waals surface area (Å²) in [6.07, 6.45) is 0.271. The van der Waals surface area contributed by atoms with Crippen molar-refractivity contribution in [3.63, 3.8) is 0 Å². The molecule has 0 aromatic heterocycles. The zero-order valence-electron chi connectivity index (χ0n) is 11.2. The van der Waals surface area contributed by atoms with E-state index in [-0.39, 0.29) is 13.0 Å². The minimum Gasteiger partial charge on any atom is -0.481 e. The standard InChI is InChI=1S/C16H16O4/c1-11(17)20-9-8-15(16(18)19)14-7-6-12-4-2-3-5-13(12)10-14/h2-7,10,15H,8-9H2,1H3,(H,18,19). The number of benzene rings is 2. The highest BCUT2D eigenvalue weighted by Crippen LogP contribution is 2.24. The van der Waals surface area contributed by atoms with Crippen LogP contribution in [0.15, 0.2) is 42.5 Å². The van der Waals surface area contributed by atoms with Crippen LogP contribution in [0.5, 0.6) is 0 Å². The van der Waals surface area contributed by atoms with Crippen molar-refractivity contribution in [2.45, 2.75) is 19.3 Å². The molecular weight excluding hydrogens is 256 g/mol. The Bertz CT molecular complexity index is 633. The van der Waals surface area contributed by atoms with E-state index in [0.29, 0.717) is 0 Å². The Labute approximate surface area is 117 Å². The van der Waals surface area contributed by atoms with Gasteiger partial charge >= 0.3 is 11.9 Å². The van der Waals surface area contributed by atoms with Crippen LogP contribution in [0, 0.1) is 0 Å². The van der Waals surface area contributed by atoms with Gasteiger partial charge in [0.1, 0.15) is 0 Å². The lowest BCUT2D eigenvalue weighted by Crippen LogP contribution is -2.15. The van der Waals surface area contributed by atoms with Gasteiger partial charge in [0.15, 0.2) is 0 Å². The van der Waals surface area contributed by atoms with E-state index < -0.39 is 17.9 Å². The van der Waals surface area contributed by atoms with Gasteiger partial charge in [-0.1, -0.05) is 42.5 Å². The second-order valence-electron chi connectivity index (χ2n) is 4.63. The smallest absolute Gasteiger partial charge is 0.311 e. The van der Waals surface area contributed by atoms with Gasteiger partial charge in [-0.05, 0) is 22.8 Å². The summed E-state index contributed by atoms with van der Waals surface area (Å²) in [5, 5.41) is 11.4. The van der Waals surface area contributed by atoms with Crippen molar-refractivity contribution in [2.75, 3.05) is 6.61 Å². The van der Waals surface area contributed by atoms with E-state index in [1.807, 2.05) is 42.5 Å². The summed E-state index contributed by atoms with van der Waals surface area (Å²) < 4.78 is 4.83. The van der Waals surface area contributed by atoms with Crippen LogP contribution < -0.4 is 0 Å². The quantitative estimate of drug-likeness (QED) is 0.850. The maximum absolute atomic E-state index is 11.4. The first-order valence-corrected chi connectivity index (χ1v) is 6.43. The van der Waals surface area contributed by atoms with Gasteiger partial charge in [-0.15, -0.1) is 0 Å². The van der Waals surface area contributed by atoms with Crippen LogP contribution in [0.25, 0.3) is 10.8 Å². The molecule has 20 heavy (non-hydrogen) atoms. The Kier molecular flexibility index (Phi) is 4.35. The summed E-state index contributed by atoms with van der Waals surface area (Å²) in [6, 6.07) is 13.4. The molecule has 0 heterocycles. The summed E-state index contributed by atoms with van der Waals surface area (Å²) in [4.78, 5) is 22.1. The predicted octanol–water partition coefficient (Wildman–Crippen LogP) is 2.96. The van der Waals surface area contributed by atoms with Gasteiger partial charge in [0.05, 0.1) is 12.5 Å². The van der Waals surface area contributed by atoms with Gasteiger partial charge < -0.3 is 9.84 Å². The SMILES string of the molecule is CC(=O)OCCC(C(=O)O)c1ccc2ccccc2c1. The van der Waals surface area contributed by atoms with E-state index in [1.54, 1.807) is 0 Å². The van der Waals surface area contributed by atoms with Crippen molar-refractivity contribution < 1.29 is 19.4 Å². The van der Waals surface area contributed by atoms with Crippen LogP contribution in [0.3, 0.4) is 0 Å². The Morgan fingerprint density at radius 3 is 2.50 bits per heavy atom. The summed E-state index contributed by atoms with van der Waals surface area (Å²) in [7, 11) is 0. The molecule has 1 atom stereocenters. The number of carbonyl (C=O) groups excluding carboxylic acids is 1. The highest BCUT2D eigenvalue weighted by molar-refractivity contribution is 5.85. The number of fused-ring (bicyclic) bond motifs is 1. The lowest BCUT2D eigenvalue weighted by molar-refractivity contribution is -0.144. The number of rotatable bonds is 5. The number of aliphatic carboxylic acids is 1. The van der Waals surface area contributed by atoms with Crippen LogP contribution in [-0.2, 0) is 14.3 Å². The second-order valence-corrected chi connectivity index (χ2v) is 4.63. The van der Waals surface area contributed by atoms with Crippen molar-refractivity contribution in [1.82, 2.24) is 0 Å². The zero-order valence-corrected chi connectivity index (χ0v) is 11.2. The molecule has 0 fully saturated rings. The van der Waals surface area contributed by atoms with E-state index >= 15 is 0 Å². The number of carboxylic acids is 1. The van der Waals surface area contributed by atoms with Gasteiger partial charge in [0, 0.05) is 6.92 Å². The molecule has 1 N–H and O–H groups in total. The fourth-order valence-electron chi connectivity index (χ4n) is 2.18. The first kappa shape index (κ1) is 14.1. The van der Waals surface area contributed by atoms with E-state index in [0.717, 1.165) is 16.3 Å². The van der Waals surface area contributed by atoms with Gasteiger partial charge in [-0.3, -0.25) is 9.59 Å². The molecule has 0 aliphatic heterocycles. The average molecular weight is 272 g/mol. The van der Waals surface area contributed by atoms with Crippen LogP contribution in [-0.4, -0.2) is 23.7 Å². The fourth-order valence-corrected chi connectivity index (χ4v) is 2.18. The minimum absolute atomic E-state index is 0.110. The molecule has 0 radical (unpaired) electrons. The molecule has 0 aliphatic carbocycles. The molecule has 0 bridgehead atoms. The third-order valence-corrected chi connectivity index (χ3v) is 3.19. The molecule has 0 amide bonds. The topological polar surface area (TPSA) is 63.6 Å². The lowest BCUT2D eigenvalue weighted by Gasteiger charge is -2.13. The lowest BCUT2D eigenvalue weighted by atomic mass is 9.94. The van der Waals surface area contributed by atoms with Gasteiger partial charge in [-0.25, -0.2) is 0 Å². The summed E-state index contributed by atoms with van der Waals surface area (Å²) >= 11 is 0. The molecule has 1 unspecified atom stereocenters. The Hall–Kier alpha value is -2.36. The van der Waals surface area contributed by atoms with Gasteiger partial charge in [0.2, 0.25) is 0 Å². The molecule has 2 aromatic rings. The third kappa shape index (κ3) is 3.35. The van der Waals surface area contributed by atoms with Crippen molar-refractivity contribution in [3.05, 3.63) is 48.0 Å². The predicted molar refractivity (Wildman–Crippen MR) is 75.6 cm³/mol. The zero-order chi connectivity index (χ0) is 14.5. The molecule has 2 rings (SSSR count). The summed E-state index contributed by atoms with van der Waals surface area (Å²) in [5.74, 6) is -1.97. The Morgan fingerprint density at radius 2 is 1.85 bits per heavy atom. The number of esters is 1. The number of hydrogen-bond acceptors (Lipinski definition) is 3. The second kappa shape index (κ2) is 6.19. The van der Waals surface area contributed by atoms with Gasteiger partial charge in [0.25, 0.3) is 0 Å². The molecule has 2 aromatic carbocycles. The molecule has 0 aliphatic rings. The number of ether oxygens (including phenoxy) is 1. The molecule has 4 heteroatoms. The monoisotopic (exact) mass is 272 g/mol. The maximum Gasteiger partial charge on any atom is 0.311 e. The highest BCUT2D eigenvalue weighted by atomic mass is 16.5. The first-order chi connectivity index (χ1) is 9.58. The van der Waals surface area contributed by atoms with E-state index in [2.05, 4.69) is 0 Å². The molecule has 0 spiro atoms. The van der Waals surface area contributed by atoms with E-state index in [9.17, 15) is 14.7 Å². The van der Waals surface area contributed by atoms with Crippen molar-refractivity contribution in [3.8, 4) is 0 Å². The summed E-state index contributed by atoms with van der Waals surface area (Å²) in [6.45, 7) is 1.42.